The average molecular weight is 220 g/mol. The van der Waals surface area contributed by atoms with E-state index in [0.29, 0.717) is 0 Å². The van der Waals surface area contributed by atoms with Crippen LogP contribution in [0.15, 0.2) is 30.3 Å². The Kier molecular flexibility index (Phi) is 4.97. The van der Waals surface area contributed by atoms with Gasteiger partial charge in [0.25, 0.3) is 0 Å². The van der Waals surface area contributed by atoms with E-state index in [1.165, 1.54) is 18.4 Å². The molecule has 2 heteroatoms. The molecule has 0 radical (unpaired) electrons. The van der Waals surface area contributed by atoms with E-state index >= 15 is 0 Å². The van der Waals surface area contributed by atoms with E-state index in [1.54, 1.807) is 0 Å². The van der Waals surface area contributed by atoms with E-state index in [4.69, 9.17) is 5.84 Å². The Balaban J connectivity index is 2.63. The van der Waals surface area contributed by atoms with Crippen LogP contribution in [-0.4, -0.2) is 0 Å². The third-order valence-corrected chi connectivity index (χ3v) is 3.19. The van der Waals surface area contributed by atoms with Crippen LogP contribution in [0.5, 0.6) is 0 Å². The lowest BCUT2D eigenvalue weighted by Crippen LogP contribution is -2.44. The van der Waals surface area contributed by atoms with Gasteiger partial charge in [-0.3, -0.25) is 11.3 Å². The molecule has 0 heterocycles. The van der Waals surface area contributed by atoms with Crippen molar-refractivity contribution in [1.29, 1.82) is 0 Å². The van der Waals surface area contributed by atoms with Crippen LogP contribution in [0.1, 0.15) is 45.6 Å². The van der Waals surface area contributed by atoms with Gasteiger partial charge in [-0.2, -0.15) is 0 Å². The summed E-state index contributed by atoms with van der Waals surface area (Å²) in [7, 11) is 0. The molecule has 0 spiro atoms. The first kappa shape index (κ1) is 13.2. The third kappa shape index (κ3) is 3.62. The molecule has 0 aliphatic heterocycles. The van der Waals surface area contributed by atoms with Crippen LogP contribution < -0.4 is 11.3 Å². The highest BCUT2D eigenvalue weighted by Gasteiger charge is 2.23. The van der Waals surface area contributed by atoms with Crippen molar-refractivity contribution in [2.75, 3.05) is 0 Å². The number of hydrogen-bond acceptors (Lipinski definition) is 2. The second kappa shape index (κ2) is 6.02. The van der Waals surface area contributed by atoms with E-state index < -0.39 is 0 Å². The van der Waals surface area contributed by atoms with Crippen molar-refractivity contribution < 1.29 is 0 Å². The molecule has 0 bridgehead atoms. The Morgan fingerprint density at radius 3 is 2.38 bits per heavy atom. The Hall–Kier alpha value is -0.860. The lowest BCUT2D eigenvalue weighted by Gasteiger charge is -2.29. The zero-order valence-electron chi connectivity index (χ0n) is 10.7. The minimum atomic E-state index is -0.101. The molecule has 0 fully saturated rings. The third-order valence-electron chi connectivity index (χ3n) is 3.19. The van der Waals surface area contributed by atoms with E-state index in [1.807, 2.05) is 6.07 Å². The van der Waals surface area contributed by atoms with Crippen LogP contribution in [0.4, 0.5) is 0 Å². The predicted octanol–water partition coefficient (Wildman–Crippen LogP) is 3.19. The fourth-order valence-electron chi connectivity index (χ4n) is 1.97. The Labute approximate surface area is 99.2 Å². The Bertz CT molecular complexity index is 295. The lowest BCUT2D eigenvalue weighted by molar-refractivity contribution is 0.325. The fourth-order valence-corrected chi connectivity index (χ4v) is 1.97. The number of hydrazine groups is 1. The highest BCUT2D eigenvalue weighted by molar-refractivity contribution is 5.23. The zero-order chi connectivity index (χ0) is 12.0. The maximum absolute atomic E-state index is 5.71. The van der Waals surface area contributed by atoms with Gasteiger partial charge in [0.2, 0.25) is 0 Å². The molecule has 0 amide bonds. The minimum absolute atomic E-state index is 0.101. The molecule has 1 aromatic rings. The van der Waals surface area contributed by atoms with Crippen LogP contribution in [-0.2, 0) is 5.54 Å². The molecule has 1 unspecified atom stereocenters. The number of hydrogen-bond donors (Lipinski definition) is 2. The maximum Gasteiger partial charge on any atom is 0.0541 e. The number of nitrogens with two attached hydrogens (primary N) is 1. The summed E-state index contributed by atoms with van der Waals surface area (Å²) >= 11 is 0. The molecule has 16 heavy (non-hydrogen) atoms. The van der Waals surface area contributed by atoms with Crippen molar-refractivity contribution in [2.24, 2.45) is 11.8 Å². The minimum Gasteiger partial charge on any atom is -0.271 e. The lowest BCUT2D eigenvalue weighted by atomic mass is 9.86. The van der Waals surface area contributed by atoms with Crippen LogP contribution >= 0.6 is 0 Å². The second-order valence-corrected chi connectivity index (χ2v) is 5.13. The molecule has 0 aliphatic rings. The maximum atomic E-state index is 5.71. The summed E-state index contributed by atoms with van der Waals surface area (Å²) in [6, 6.07) is 10.4. The molecular weight excluding hydrogens is 196 g/mol. The first-order chi connectivity index (χ1) is 7.58. The molecule has 0 saturated heterocycles. The molecular formula is C14H24N2. The monoisotopic (exact) mass is 220 g/mol. The molecule has 1 rings (SSSR count). The van der Waals surface area contributed by atoms with E-state index in [2.05, 4.69) is 50.5 Å². The molecule has 0 saturated carbocycles. The summed E-state index contributed by atoms with van der Waals surface area (Å²) in [5, 5.41) is 0. The molecule has 0 aliphatic carbocycles. The van der Waals surface area contributed by atoms with Gasteiger partial charge in [-0.05, 0) is 24.8 Å². The SMILES string of the molecule is CC(C)CCCC(C)(NN)c1ccccc1. The van der Waals surface area contributed by atoms with E-state index in [-0.39, 0.29) is 5.54 Å². The van der Waals surface area contributed by atoms with Crippen molar-refractivity contribution in [1.82, 2.24) is 5.43 Å². The number of benzene rings is 1. The largest absolute Gasteiger partial charge is 0.271 e. The summed E-state index contributed by atoms with van der Waals surface area (Å²) in [6.07, 6.45) is 3.53. The highest BCUT2D eigenvalue weighted by Crippen LogP contribution is 2.26. The van der Waals surface area contributed by atoms with E-state index in [9.17, 15) is 0 Å². The van der Waals surface area contributed by atoms with Gasteiger partial charge in [0, 0.05) is 0 Å². The van der Waals surface area contributed by atoms with E-state index in [0.717, 1.165) is 12.3 Å². The molecule has 0 aromatic heterocycles. The molecule has 90 valence electrons. The van der Waals surface area contributed by atoms with Gasteiger partial charge in [-0.1, -0.05) is 57.0 Å². The molecule has 1 atom stereocenters. The van der Waals surface area contributed by atoms with Gasteiger partial charge < -0.3 is 0 Å². The average Bonchev–Trinajstić information content (AvgIpc) is 2.29. The van der Waals surface area contributed by atoms with Gasteiger partial charge in [0.05, 0.1) is 5.54 Å². The van der Waals surface area contributed by atoms with Crippen molar-refractivity contribution in [2.45, 2.75) is 45.6 Å². The Morgan fingerprint density at radius 1 is 1.25 bits per heavy atom. The summed E-state index contributed by atoms with van der Waals surface area (Å²) in [6.45, 7) is 6.69. The molecule has 1 aromatic carbocycles. The van der Waals surface area contributed by atoms with Gasteiger partial charge in [-0.15, -0.1) is 0 Å². The van der Waals surface area contributed by atoms with Gasteiger partial charge >= 0.3 is 0 Å². The second-order valence-electron chi connectivity index (χ2n) is 5.13. The first-order valence-electron chi connectivity index (χ1n) is 6.12. The first-order valence-corrected chi connectivity index (χ1v) is 6.12. The van der Waals surface area contributed by atoms with Crippen molar-refractivity contribution in [3.05, 3.63) is 35.9 Å². The zero-order valence-corrected chi connectivity index (χ0v) is 10.7. The van der Waals surface area contributed by atoms with Crippen LogP contribution in [0.25, 0.3) is 0 Å². The van der Waals surface area contributed by atoms with Gasteiger partial charge in [-0.25, -0.2) is 0 Å². The quantitative estimate of drug-likeness (QED) is 0.571. The highest BCUT2D eigenvalue weighted by atomic mass is 15.3. The van der Waals surface area contributed by atoms with Gasteiger partial charge in [0.15, 0.2) is 0 Å². The number of nitrogens with one attached hydrogen (secondary N) is 1. The number of rotatable bonds is 6. The van der Waals surface area contributed by atoms with Crippen molar-refractivity contribution >= 4 is 0 Å². The predicted molar refractivity (Wildman–Crippen MR) is 69.8 cm³/mol. The Morgan fingerprint density at radius 2 is 1.88 bits per heavy atom. The van der Waals surface area contributed by atoms with Gasteiger partial charge in [0.1, 0.15) is 0 Å². The molecule has 3 N–H and O–H groups in total. The summed E-state index contributed by atoms with van der Waals surface area (Å²) in [5.74, 6) is 6.47. The smallest absolute Gasteiger partial charge is 0.0541 e. The fraction of sp³-hybridized carbons (Fsp3) is 0.571. The molecule has 2 nitrogen and oxygen atoms in total. The van der Waals surface area contributed by atoms with Crippen molar-refractivity contribution in [3.8, 4) is 0 Å². The van der Waals surface area contributed by atoms with Crippen LogP contribution in [0.2, 0.25) is 0 Å². The standard InChI is InChI=1S/C14H24N2/c1-12(2)8-7-11-14(3,16-15)13-9-5-4-6-10-13/h4-6,9-10,12,16H,7-8,11,15H2,1-3H3. The topological polar surface area (TPSA) is 38.0 Å². The summed E-state index contributed by atoms with van der Waals surface area (Å²) in [4.78, 5) is 0. The normalized spacial score (nSPS) is 15.1. The van der Waals surface area contributed by atoms with Crippen molar-refractivity contribution in [3.63, 3.8) is 0 Å². The van der Waals surface area contributed by atoms with Crippen LogP contribution in [0, 0.1) is 5.92 Å². The summed E-state index contributed by atoms with van der Waals surface area (Å²) < 4.78 is 0. The summed E-state index contributed by atoms with van der Waals surface area (Å²) in [5.41, 5.74) is 4.13. The van der Waals surface area contributed by atoms with Crippen LogP contribution in [0.3, 0.4) is 0 Å².